The first kappa shape index (κ1) is 14.6. The van der Waals surface area contributed by atoms with Crippen molar-refractivity contribution in [2.45, 2.75) is 18.7 Å². The Kier molecular flexibility index (Phi) is 5.04. The number of anilines is 1. The summed E-state index contributed by atoms with van der Waals surface area (Å²) in [5.41, 5.74) is 2.05. The average molecular weight is 385 g/mol. The second kappa shape index (κ2) is 6.56. The van der Waals surface area contributed by atoms with Crippen LogP contribution in [0.4, 0.5) is 5.82 Å². The lowest BCUT2D eigenvalue weighted by molar-refractivity contribution is 1.09. The third kappa shape index (κ3) is 3.39. The Morgan fingerprint density at radius 1 is 1.21 bits per heavy atom. The van der Waals surface area contributed by atoms with Crippen LogP contribution in [0.3, 0.4) is 0 Å². The van der Waals surface area contributed by atoms with Crippen LogP contribution in [-0.4, -0.2) is 22.8 Å². The van der Waals surface area contributed by atoms with Crippen LogP contribution in [0.1, 0.15) is 12.6 Å². The van der Waals surface area contributed by atoms with E-state index in [1.807, 2.05) is 25.7 Å². The van der Waals surface area contributed by atoms with Gasteiger partial charge in [-0.3, -0.25) is 0 Å². The monoisotopic (exact) mass is 385 g/mol. The van der Waals surface area contributed by atoms with Gasteiger partial charge in [-0.25, -0.2) is 9.97 Å². The zero-order valence-electron chi connectivity index (χ0n) is 11.2. The van der Waals surface area contributed by atoms with Gasteiger partial charge in [0.25, 0.3) is 0 Å². The van der Waals surface area contributed by atoms with E-state index in [0.717, 1.165) is 32.2 Å². The summed E-state index contributed by atoms with van der Waals surface area (Å²) in [6.07, 6.45) is 0. The molecule has 0 amide bonds. The summed E-state index contributed by atoms with van der Waals surface area (Å²) < 4.78 is 1.07. The van der Waals surface area contributed by atoms with Gasteiger partial charge in [0.15, 0.2) is 5.82 Å². The van der Waals surface area contributed by atoms with Crippen LogP contribution in [-0.2, 0) is 0 Å². The Bertz CT molecular complexity index is 570. The van der Waals surface area contributed by atoms with Crippen molar-refractivity contribution in [2.75, 3.05) is 18.1 Å². The maximum Gasteiger partial charge on any atom is 0.161 e. The topological polar surface area (TPSA) is 37.8 Å². The minimum Gasteiger partial charge on any atom is -0.372 e. The summed E-state index contributed by atoms with van der Waals surface area (Å²) in [6, 6.07) is 8.41. The Morgan fingerprint density at radius 3 is 2.47 bits per heavy atom. The summed E-state index contributed by atoms with van der Waals surface area (Å²) in [7, 11) is 1.88. The third-order valence-electron chi connectivity index (χ3n) is 2.68. The number of thioether (sulfide) groups is 1. The van der Waals surface area contributed by atoms with Crippen molar-refractivity contribution in [3.8, 4) is 11.4 Å². The van der Waals surface area contributed by atoms with Gasteiger partial charge in [0.05, 0.1) is 9.26 Å². The number of benzene rings is 1. The Labute approximate surface area is 131 Å². The van der Waals surface area contributed by atoms with Gasteiger partial charge in [-0.05, 0) is 47.4 Å². The molecule has 0 saturated heterocycles. The minimum absolute atomic E-state index is 0.773. The molecule has 2 aromatic rings. The molecule has 19 heavy (non-hydrogen) atoms. The minimum atomic E-state index is 0.773. The molecule has 0 aliphatic heterocycles. The van der Waals surface area contributed by atoms with E-state index in [4.69, 9.17) is 0 Å². The zero-order chi connectivity index (χ0) is 13.8. The highest BCUT2D eigenvalue weighted by atomic mass is 127. The molecule has 0 radical (unpaired) electrons. The molecule has 0 aliphatic carbocycles. The first-order valence-electron chi connectivity index (χ1n) is 6.10. The van der Waals surface area contributed by atoms with Gasteiger partial charge in [0.2, 0.25) is 0 Å². The van der Waals surface area contributed by atoms with Gasteiger partial charge in [0.1, 0.15) is 5.82 Å². The molecular weight excluding hydrogens is 369 g/mol. The highest BCUT2D eigenvalue weighted by Crippen LogP contribution is 2.25. The lowest BCUT2D eigenvalue weighted by atomic mass is 10.2. The fourth-order valence-corrected chi connectivity index (χ4v) is 2.89. The second-order valence-electron chi connectivity index (χ2n) is 4.00. The van der Waals surface area contributed by atoms with E-state index in [2.05, 4.69) is 69.1 Å². The molecule has 1 N–H and O–H groups in total. The summed E-state index contributed by atoms with van der Waals surface area (Å²) in [6.45, 7) is 4.17. The Hall–Kier alpha value is -0.820. The number of nitrogens with zero attached hydrogens (tertiary/aromatic N) is 2. The second-order valence-corrected chi connectivity index (χ2v) is 6.42. The summed E-state index contributed by atoms with van der Waals surface area (Å²) in [5, 5.41) is 3.12. The lowest BCUT2D eigenvalue weighted by Gasteiger charge is -2.09. The van der Waals surface area contributed by atoms with Crippen LogP contribution in [0.25, 0.3) is 11.4 Å². The van der Waals surface area contributed by atoms with Crippen molar-refractivity contribution in [1.82, 2.24) is 9.97 Å². The van der Waals surface area contributed by atoms with Crippen LogP contribution in [0, 0.1) is 10.5 Å². The number of hydrogen-bond donors (Lipinski definition) is 1. The van der Waals surface area contributed by atoms with Crippen molar-refractivity contribution in [1.29, 1.82) is 0 Å². The molecule has 2 rings (SSSR count). The van der Waals surface area contributed by atoms with E-state index < -0.39 is 0 Å². The van der Waals surface area contributed by atoms with Gasteiger partial charge < -0.3 is 5.32 Å². The predicted octanol–water partition coefficient (Wildman–Crippen LogP) is 4.21. The predicted molar refractivity (Wildman–Crippen MR) is 90.9 cm³/mol. The van der Waals surface area contributed by atoms with Crippen molar-refractivity contribution in [3.63, 3.8) is 0 Å². The van der Waals surface area contributed by atoms with E-state index in [1.54, 1.807) is 0 Å². The van der Waals surface area contributed by atoms with Gasteiger partial charge in [-0.15, -0.1) is 11.8 Å². The van der Waals surface area contributed by atoms with Gasteiger partial charge in [-0.1, -0.05) is 19.1 Å². The molecule has 0 saturated carbocycles. The van der Waals surface area contributed by atoms with Crippen molar-refractivity contribution in [3.05, 3.63) is 33.5 Å². The van der Waals surface area contributed by atoms with Crippen LogP contribution in [0.5, 0.6) is 0 Å². The highest BCUT2D eigenvalue weighted by molar-refractivity contribution is 14.1. The van der Waals surface area contributed by atoms with Gasteiger partial charge in [0, 0.05) is 17.5 Å². The zero-order valence-corrected chi connectivity index (χ0v) is 14.2. The number of aryl methyl sites for hydroxylation is 1. The third-order valence-corrected chi connectivity index (χ3v) is 4.86. The van der Waals surface area contributed by atoms with E-state index in [9.17, 15) is 0 Å². The smallest absolute Gasteiger partial charge is 0.161 e. The van der Waals surface area contributed by atoms with Crippen molar-refractivity contribution < 1.29 is 0 Å². The van der Waals surface area contributed by atoms with E-state index in [1.165, 1.54) is 4.90 Å². The van der Waals surface area contributed by atoms with E-state index in [0.29, 0.717) is 0 Å². The Morgan fingerprint density at radius 2 is 1.89 bits per heavy atom. The highest BCUT2D eigenvalue weighted by Gasteiger charge is 2.09. The largest absolute Gasteiger partial charge is 0.372 e. The molecule has 0 spiro atoms. The number of aromatic nitrogens is 2. The summed E-state index contributed by atoms with van der Waals surface area (Å²) in [5.74, 6) is 2.74. The molecule has 0 unspecified atom stereocenters. The molecule has 0 atom stereocenters. The molecule has 3 nitrogen and oxygen atoms in total. The fraction of sp³-hybridized carbons (Fsp3) is 0.286. The van der Waals surface area contributed by atoms with E-state index in [-0.39, 0.29) is 0 Å². The molecule has 1 aromatic heterocycles. The molecule has 1 heterocycles. The summed E-state index contributed by atoms with van der Waals surface area (Å²) >= 11 is 4.10. The quantitative estimate of drug-likeness (QED) is 0.632. The SMILES string of the molecule is CCSc1ccc(-c2nc(C)c(I)c(NC)n2)cc1. The molecule has 0 aliphatic rings. The maximum absolute atomic E-state index is 4.56. The molecule has 5 heteroatoms. The van der Waals surface area contributed by atoms with Crippen molar-refractivity contribution in [2.24, 2.45) is 0 Å². The first-order chi connectivity index (χ1) is 9.15. The standard InChI is InChI=1S/C14H16IN3S/c1-4-19-11-7-5-10(6-8-11)13-17-9(2)12(15)14(16-3)18-13/h5-8H,4H2,1-3H3,(H,16,17,18). The van der Waals surface area contributed by atoms with Crippen LogP contribution in [0.2, 0.25) is 0 Å². The molecular formula is C14H16IN3S. The number of hydrogen-bond acceptors (Lipinski definition) is 4. The lowest BCUT2D eigenvalue weighted by Crippen LogP contribution is -2.02. The molecule has 0 fully saturated rings. The van der Waals surface area contributed by atoms with E-state index >= 15 is 0 Å². The van der Waals surface area contributed by atoms with Gasteiger partial charge >= 0.3 is 0 Å². The average Bonchev–Trinajstić information content (AvgIpc) is 2.43. The normalized spacial score (nSPS) is 10.5. The van der Waals surface area contributed by atoms with Crippen LogP contribution >= 0.6 is 34.4 Å². The van der Waals surface area contributed by atoms with Gasteiger partial charge in [-0.2, -0.15) is 0 Å². The summed E-state index contributed by atoms with van der Waals surface area (Å²) in [4.78, 5) is 10.4. The molecule has 1 aromatic carbocycles. The number of rotatable bonds is 4. The van der Waals surface area contributed by atoms with Crippen LogP contribution < -0.4 is 5.32 Å². The van der Waals surface area contributed by atoms with Crippen molar-refractivity contribution >= 4 is 40.2 Å². The Balaban J connectivity index is 2.38. The molecule has 0 bridgehead atoms. The van der Waals surface area contributed by atoms with Crippen LogP contribution in [0.15, 0.2) is 29.2 Å². The maximum atomic E-state index is 4.56. The molecule has 100 valence electrons. The number of nitrogens with one attached hydrogen (secondary N) is 1. The number of halogens is 1. The first-order valence-corrected chi connectivity index (χ1v) is 8.17. The fourth-order valence-electron chi connectivity index (χ4n) is 1.72.